The molecule has 0 aliphatic heterocycles. The van der Waals surface area contributed by atoms with Gasteiger partial charge in [-0.1, -0.05) is 0 Å². The van der Waals surface area contributed by atoms with E-state index in [1.165, 1.54) is 34.8 Å². The molecule has 0 amide bonds. The van der Waals surface area contributed by atoms with Crippen molar-refractivity contribution in [3.63, 3.8) is 0 Å². The maximum absolute atomic E-state index is 6.46. The zero-order valence-corrected chi connectivity index (χ0v) is 16.6. The summed E-state index contributed by atoms with van der Waals surface area (Å²) < 4.78 is 6.46. The van der Waals surface area contributed by atoms with Crippen LogP contribution < -0.4 is 0 Å². The van der Waals surface area contributed by atoms with Crippen LogP contribution in [-0.2, 0) is 3.76 Å². The van der Waals surface area contributed by atoms with Gasteiger partial charge in [-0.2, -0.15) is 0 Å². The van der Waals surface area contributed by atoms with E-state index in [0.717, 1.165) is 0 Å². The van der Waals surface area contributed by atoms with Gasteiger partial charge >= 0.3 is 115 Å². The summed E-state index contributed by atoms with van der Waals surface area (Å²) in [5.41, 5.74) is 0. The van der Waals surface area contributed by atoms with E-state index in [9.17, 15) is 0 Å². The molecule has 1 radical (unpaired) electrons. The van der Waals surface area contributed by atoms with E-state index in [-0.39, 0.29) is 0 Å². The first-order valence-electron chi connectivity index (χ1n) is 6.87. The van der Waals surface area contributed by atoms with Gasteiger partial charge in [-0.25, -0.2) is 0 Å². The molecule has 0 saturated carbocycles. The van der Waals surface area contributed by atoms with Gasteiger partial charge in [0.2, 0.25) is 0 Å². The normalized spacial score (nSPS) is 17.5. The zero-order chi connectivity index (χ0) is 13.1. The number of allylic oxidation sites excluding steroid dienone is 2. The first-order chi connectivity index (χ1) is 7.66. The van der Waals surface area contributed by atoms with Crippen LogP contribution in [0, 0.1) is 0 Å². The maximum atomic E-state index is 6.46. The molecule has 1 aliphatic rings. The fraction of sp³-hybridized carbons (Fsp3) is 0.846. The second-order valence-electron chi connectivity index (χ2n) is 7.68. The van der Waals surface area contributed by atoms with Crippen molar-refractivity contribution >= 4 is 30.8 Å². The SMILES string of the molecule is C[Si](C)(C)[CH2][Ge]([CH2][Si](C)(C)C)[O]C1=CCCC1. The van der Waals surface area contributed by atoms with Crippen LogP contribution in [0.2, 0.25) is 49.0 Å². The van der Waals surface area contributed by atoms with Crippen LogP contribution in [0.3, 0.4) is 0 Å². The zero-order valence-electron chi connectivity index (χ0n) is 12.5. The molecule has 0 bridgehead atoms. The third-order valence-corrected chi connectivity index (χ3v) is 25.1. The van der Waals surface area contributed by atoms with Crippen LogP contribution in [0.25, 0.3) is 0 Å². The molecule has 0 N–H and O–H groups in total. The van der Waals surface area contributed by atoms with Crippen molar-refractivity contribution < 1.29 is 3.76 Å². The van der Waals surface area contributed by atoms with Crippen molar-refractivity contribution in [2.24, 2.45) is 0 Å². The third kappa shape index (κ3) is 7.52. The average Bonchev–Trinajstić information content (AvgIpc) is 2.49. The molecule has 4 heteroatoms. The second-order valence-corrected chi connectivity index (χ2v) is 25.8. The molecule has 1 rings (SSSR count). The van der Waals surface area contributed by atoms with Crippen LogP contribution in [-0.4, -0.2) is 30.8 Å². The number of hydrogen-bond acceptors (Lipinski definition) is 1. The van der Waals surface area contributed by atoms with Gasteiger partial charge in [-0.15, -0.1) is 0 Å². The van der Waals surface area contributed by atoms with Gasteiger partial charge in [0.15, 0.2) is 0 Å². The van der Waals surface area contributed by atoms with Gasteiger partial charge in [0.1, 0.15) is 0 Å². The molecule has 1 nitrogen and oxygen atoms in total. The van der Waals surface area contributed by atoms with Gasteiger partial charge in [-0.05, 0) is 0 Å². The molecule has 0 heterocycles. The topological polar surface area (TPSA) is 9.23 Å². The Morgan fingerprint density at radius 3 is 1.94 bits per heavy atom. The minimum absolute atomic E-state index is 0.948. The van der Waals surface area contributed by atoms with E-state index >= 15 is 0 Å². The van der Waals surface area contributed by atoms with E-state index in [4.69, 9.17) is 3.76 Å². The Morgan fingerprint density at radius 2 is 1.59 bits per heavy atom. The molecule has 0 saturated heterocycles. The molecule has 0 aromatic rings. The summed E-state index contributed by atoms with van der Waals surface area (Å²) in [5.74, 6) is 1.36. The summed E-state index contributed by atoms with van der Waals surface area (Å²) >= 11 is -1.28. The Bertz CT molecular complexity index is 260. The molecule has 0 aromatic heterocycles. The summed E-state index contributed by atoms with van der Waals surface area (Å²) in [6, 6.07) is 0. The third-order valence-electron chi connectivity index (χ3n) is 2.73. The van der Waals surface area contributed by atoms with Crippen molar-refractivity contribution in [1.29, 1.82) is 0 Å². The van der Waals surface area contributed by atoms with Crippen molar-refractivity contribution in [3.8, 4) is 0 Å². The summed E-state index contributed by atoms with van der Waals surface area (Å²) in [4.78, 5) is 2.96. The van der Waals surface area contributed by atoms with Crippen molar-refractivity contribution in [2.45, 2.75) is 68.3 Å². The van der Waals surface area contributed by atoms with Gasteiger partial charge < -0.3 is 0 Å². The first kappa shape index (κ1) is 15.6. The second kappa shape index (κ2) is 6.11. The minimum atomic E-state index is -1.28. The van der Waals surface area contributed by atoms with Crippen LogP contribution in [0.5, 0.6) is 0 Å². The standard InChI is InChI=1S/C13H29GeOSi2/c1-16(2,3)11-14(12-17(4,5)6)15-13-9-7-8-10-13/h9H,7-8,10-12H2,1-6H3. The predicted molar refractivity (Wildman–Crippen MR) is 85.1 cm³/mol. The quantitative estimate of drug-likeness (QED) is 0.635. The molecule has 0 fully saturated rings. The molecule has 17 heavy (non-hydrogen) atoms. The van der Waals surface area contributed by atoms with E-state index in [1.807, 2.05) is 0 Å². The van der Waals surface area contributed by atoms with Crippen LogP contribution >= 0.6 is 0 Å². The number of rotatable bonds is 6. The van der Waals surface area contributed by atoms with Crippen LogP contribution in [0.15, 0.2) is 11.8 Å². The Hall–Kier alpha value is 0.517. The summed E-state index contributed by atoms with van der Waals surface area (Å²) in [6.45, 7) is 15.0. The molecule has 0 aromatic carbocycles. The van der Waals surface area contributed by atoms with Crippen molar-refractivity contribution in [3.05, 3.63) is 11.8 Å². The molecule has 0 unspecified atom stereocenters. The van der Waals surface area contributed by atoms with E-state index in [0.29, 0.717) is 0 Å². The molecular weight excluding hydrogens is 301 g/mol. The Labute approximate surface area is 114 Å². The molecule has 0 atom stereocenters. The van der Waals surface area contributed by atoms with Gasteiger partial charge in [-0.3, -0.25) is 0 Å². The van der Waals surface area contributed by atoms with Crippen LogP contribution in [0.1, 0.15) is 19.3 Å². The molecular formula is C13H29GeOSi2. The van der Waals surface area contributed by atoms with E-state index < -0.39 is 30.8 Å². The van der Waals surface area contributed by atoms with Gasteiger partial charge in [0.25, 0.3) is 0 Å². The first-order valence-corrected chi connectivity index (χ1v) is 18.1. The Balaban J connectivity index is 2.58. The fourth-order valence-electron chi connectivity index (χ4n) is 2.24. The summed E-state index contributed by atoms with van der Waals surface area (Å²) in [5, 5.41) is 0. The van der Waals surface area contributed by atoms with Crippen molar-refractivity contribution in [2.75, 3.05) is 0 Å². The van der Waals surface area contributed by atoms with Crippen molar-refractivity contribution in [1.82, 2.24) is 0 Å². The van der Waals surface area contributed by atoms with Crippen LogP contribution in [0.4, 0.5) is 0 Å². The average molecular weight is 330 g/mol. The van der Waals surface area contributed by atoms with Gasteiger partial charge in [0.05, 0.1) is 0 Å². The molecule has 0 spiro atoms. The van der Waals surface area contributed by atoms with E-state index in [2.05, 4.69) is 45.4 Å². The number of hydrogen-bond donors (Lipinski definition) is 0. The summed E-state index contributed by atoms with van der Waals surface area (Å²) in [7, 11) is -1.90. The molecule has 1 aliphatic carbocycles. The fourth-order valence-corrected chi connectivity index (χ4v) is 24.6. The predicted octanol–water partition coefficient (Wildman–Crippen LogP) is 4.82. The van der Waals surface area contributed by atoms with E-state index in [1.54, 1.807) is 0 Å². The van der Waals surface area contributed by atoms with Gasteiger partial charge in [0, 0.05) is 0 Å². The summed E-state index contributed by atoms with van der Waals surface area (Å²) in [6.07, 6.45) is 6.14. The monoisotopic (exact) mass is 331 g/mol. The molecule has 99 valence electrons. The Kier molecular flexibility index (Phi) is 5.60. The Morgan fingerprint density at radius 1 is 1.06 bits per heavy atom.